The van der Waals surface area contributed by atoms with Gasteiger partial charge in [-0.25, -0.2) is 9.37 Å². The number of halogens is 1. The lowest BCUT2D eigenvalue weighted by molar-refractivity contribution is -0.118. The fourth-order valence-electron chi connectivity index (χ4n) is 2.78. The number of benzene rings is 3. The summed E-state index contributed by atoms with van der Waals surface area (Å²) in [6.07, 6.45) is 0. The standard InChI is InChI=1S/C23H18FN3O3S2/c24-17-8-4-5-9-18(17)26-22(29)14-31-23-27-19-11-10-15(12-20(19)32-23)25-21(28)13-30-16-6-2-1-3-7-16/h1-12H,13-14H2,(H,25,28)(H,26,29). The lowest BCUT2D eigenvalue weighted by atomic mass is 10.3. The zero-order valence-electron chi connectivity index (χ0n) is 16.7. The summed E-state index contributed by atoms with van der Waals surface area (Å²) in [6, 6.07) is 20.5. The van der Waals surface area contributed by atoms with Crippen LogP contribution in [0.15, 0.2) is 77.1 Å². The third-order valence-electron chi connectivity index (χ3n) is 4.24. The van der Waals surface area contributed by atoms with Gasteiger partial charge in [-0.05, 0) is 42.5 Å². The number of fused-ring (bicyclic) bond motifs is 1. The van der Waals surface area contributed by atoms with Crippen molar-refractivity contribution in [1.29, 1.82) is 0 Å². The van der Waals surface area contributed by atoms with Crippen molar-refractivity contribution < 1.29 is 18.7 Å². The summed E-state index contributed by atoms with van der Waals surface area (Å²) in [6.45, 7) is -0.0943. The fraction of sp³-hybridized carbons (Fsp3) is 0.0870. The van der Waals surface area contributed by atoms with Crippen LogP contribution in [0, 0.1) is 5.82 Å². The van der Waals surface area contributed by atoms with E-state index in [9.17, 15) is 14.0 Å². The third kappa shape index (κ3) is 5.83. The minimum Gasteiger partial charge on any atom is -0.484 e. The van der Waals surface area contributed by atoms with Gasteiger partial charge in [-0.15, -0.1) is 11.3 Å². The van der Waals surface area contributed by atoms with Gasteiger partial charge in [0.15, 0.2) is 10.9 Å². The molecule has 0 bridgehead atoms. The molecule has 0 unspecified atom stereocenters. The molecular weight excluding hydrogens is 449 g/mol. The molecule has 0 atom stereocenters. The zero-order chi connectivity index (χ0) is 22.3. The predicted molar refractivity (Wildman–Crippen MR) is 126 cm³/mol. The van der Waals surface area contributed by atoms with Crippen LogP contribution in [0.1, 0.15) is 0 Å². The van der Waals surface area contributed by atoms with E-state index in [4.69, 9.17) is 4.74 Å². The molecule has 2 amide bonds. The SMILES string of the molecule is O=C(COc1ccccc1)Nc1ccc2nc(SCC(=O)Nc3ccccc3F)sc2c1. The fourth-order valence-corrected chi connectivity index (χ4v) is 4.69. The lowest BCUT2D eigenvalue weighted by Gasteiger charge is -2.07. The highest BCUT2D eigenvalue weighted by atomic mass is 32.2. The van der Waals surface area contributed by atoms with E-state index in [1.807, 2.05) is 30.3 Å². The van der Waals surface area contributed by atoms with E-state index in [-0.39, 0.29) is 29.9 Å². The van der Waals surface area contributed by atoms with Crippen LogP contribution in [0.25, 0.3) is 10.2 Å². The smallest absolute Gasteiger partial charge is 0.262 e. The Morgan fingerprint density at radius 2 is 1.75 bits per heavy atom. The summed E-state index contributed by atoms with van der Waals surface area (Å²) in [4.78, 5) is 28.8. The van der Waals surface area contributed by atoms with E-state index in [2.05, 4.69) is 15.6 Å². The molecule has 0 aliphatic rings. The topological polar surface area (TPSA) is 80.3 Å². The molecule has 2 N–H and O–H groups in total. The molecule has 0 saturated heterocycles. The highest BCUT2D eigenvalue weighted by Gasteiger charge is 2.11. The van der Waals surface area contributed by atoms with Crippen LogP contribution >= 0.6 is 23.1 Å². The number of anilines is 2. The van der Waals surface area contributed by atoms with E-state index in [0.717, 1.165) is 10.2 Å². The minimum atomic E-state index is -0.477. The van der Waals surface area contributed by atoms with Crippen LogP contribution in [0.2, 0.25) is 0 Å². The van der Waals surface area contributed by atoms with E-state index in [1.165, 1.54) is 35.2 Å². The number of carbonyl (C=O) groups excluding carboxylic acids is 2. The monoisotopic (exact) mass is 467 g/mol. The van der Waals surface area contributed by atoms with Gasteiger partial charge in [-0.1, -0.05) is 42.1 Å². The molecule has 0 saturated carbocycles. The molecule has 0 spiro atoms. The van der Waals surface area contributed by atoms with Crippen molar-refractivity contribution in [3.05, 3.63) is 78.6 Å². The number of rotatable bonds is 8. The van der Waals surface area contributed by atoms with Crippen LogP contribution in [-0.2, 0) is 9.59 Å². The Kier molecular flexibility index (Phi) is 6.98. The van der Waals surface area contributed by atoms with Crippen molar-refractivity contribution in [3.63, 3.8) is 0 Å². The Labute approximate surface area is 191 Å². The average molecular weight is 468 g/mol. The van der Waals surface area contributed by atoms with E-state index in [0.29, 0.717) is 15.8 Å². The van der Waals surface area contributed by atoms with Crippen molar-refractivity contribution >= 4 is 56.5 Å². The van der Waals surface area contributed by atoms with E-state index < -0.39 is 5.82 Å². The molecule has 0 radical (unpaired) electrons. The predicted octanol–water partition coefficient (Wildman–Crippen LogP) is 5.18. The molecule has 6 nitrogen and oxygen atoms in total. The maximum absolute atomic E-state index is 13.6. The van der Waals surface area contributed by atoms with Gasteiger partial charge in [0.25, 0.3) is 5.91 Å². The third-order valence-corrected chi connectivity index (χ3v) is 6.40. The van der Waals surface area contributed by atoms with Crippen LogP contribution in [0.5, 0.6) is 5.75 Å². The van der Waals surface area contributed by atoms with Gasteiger partial charge in [-0.3, -0.25) is 9.59 Å². The number of ether oxygens (including phenoxy) is 1. The Balaban J connectivity index is 1.32. The number of carbonyl (C=O) groups is 2. The zero-order valence-corrected chi connectivity index (χ0v) is 18.3. The van der Waals surface area contributed by atoms with Crippen molar-refractivity contribution in [2.24, 2.45) is 0 Å². The molecule has 9 heteroatoms. The molecular formula is C23H18FN3O3S2. The molecule has 32 heavy (non-hydrogen) atoms. The number of nitrogens with zero attached hydrogens (tertiary/aromatic N) is 1. The Morgan fingerprint density at radius 3 is 2.56 bits per heavy atom. The molecule has 1 aromatic heterocycles. The summed E-state index contributed by atoms with van der Waals surface area (Å²) in [5, 5.41) is 5.36. The molecule has 4 rings (SSSR count). The lowest BCUT2D eigenvalue weighted by Crippen LogP contribution is -2.20. The highest BCUT2D eigenvalue weighted by Crippen LogP contribution is 2.31. The molecule has 0 aliphatic heterocycles. The number of hydrogen-bond donors (Lipinski definition) is 2. The first-order chi connectivity index (χ1) is 15.6. The van der Waals surface area contributed by atoms with Crippen molar-refractivity contribution in [2.45, 2.75) is 4.34 Å². The normalized spacial score (nSPS) is 10.7. The van der Waals surface area contributed by atoms with Gasteiger partial charge in [0.1, 0.15) is 11.6 Å². The second-order valence-electron chi connectivity index (χ2n) is 6.63. The maximum atomic E-state index is 13.6. The first-order valence-corrected chi connectivity index (χ1v) is 11.4. The van der Waals surface area contributed by atoms with Gasteiger partial charge in [-0.2, -0.15) is 0 Å². The molecule has 4 aromatic rings. The average Bonchev–Trinajstić information content (AvgIpc) is 3.21. The summed E-state index contributed by atoms with van der Waals surface area (Å²) in [7, 11) is 0. The maximum Gasteiger partial charge on any atom is 0.262 e. The van der Waals surface area contributed by atoms with Gasteiger partial charge < -0.3 is 15.4 Å². The van der Waals surface area contributed by atoms with Gasteiger partial charge in [0, 0.05) is 5.69 Å². The van der Waals surface area contributed by atoms with Crippen LogP contribution in [-0.4, -0.2) is 29.2 Å². The second kappa shape index (κ2) is 10.3. The van der Waals surface area contributed by atoms with Gasteiger partial charge in [0.05, 0.1) is 21.7 Å². The molecule has 0 fully saturated rings. The molecule has 3 aromatic carbocycles. The Bertz CT molecular complexity index is 1250. The number of hydrogen-bond acceptors (Lipinski definition) is 6. The number of amides is 2. The minimum absolute atomic E-state index is 0.0943. The summed E-state index contributed by atoms with van der Waals surface area (Å²) in [5.74, 6) is -0.326. The number of para-hydroxylation sites is 2. The summed E-state index contributed by atoms with van der Waals surface area (Å²) >= 11 is 2.69. The van der Waals surface area contributed by atoms with Crippen LogP contribution in [0.3, 0.4) is 0 Å². The quantitative estimate of drug-likeness (QED) is 0.349. The van der Waals surface area contributed by atoms with Crippen LogP contribution < -0.4 is 15.4 Å². The Morgan fingerprint density at radius 1 is 0.969 bits per heavy atom. The molecule has 1 heterocycles. The van der Waals surface area contributed by atoms with Crippen molar-refractivity contribution in [1.82, 2.24) is 4.98 Å². The first kappa shape index (κ1) is 21.8. The summed E-state index contributed by atoms with van der Waals surface area (Å²) < 4.78 is 20.7. The van der Waals surface area contributed by atoms with Gasteiger partial charge in [0.2, 0.25) is 5.91 Å². The van der Waals surface area contributed by atoms with Crippen LogP contribution in [0.4, 0.5) is 15.8 Å². The number of nitrogens with one attached hydrogen (secondary N) is 2. The van der Waals surface area contributed by atoms with E-state index >= 15 is 0 Å². The molecule has 162 valence electrons. The largest absolute Gasteiger partial charge is 0.484 e. The Hall–Kier alpha value is -3.43. The summed E-state index contributed by atoms with van der Waals surface area (Å²) in [5.41, 5.74) is 1.56. The van der Waals surface area contributed by atoms with Crippen molar-refractivity contribution in [3.8, 4) is 5.75 Å². The second-order valence-corrected chi connectivity index (χ2v) is 8.88. The highest BCUT2D eigenvalue weighted by molar-refractivity contribution is 8.01. The van der Waals surface area contributed by atoms with E-state index in [1.54, 1.807) is 30.3 Å². The number of aromatic nitrogens is 1. The first-order valence-electron chi connectivity index (χ1n) is 9.62. The van der Waals surface area contributed by atoms with Crippen molar-refractivity contribution in [2.75, 3.05) is 23.0 Å². The number of thiazole rings is 1. The molecule has 0 aliphatic carbocycles. The number of thioether (sulfide) groups is 1. The van der Waals surface area contributed by atoms with Gasteiger partial charge >= 0.3 is 0 Å².